The predicted molar refractivity (Wildman–Crippen MR) is 68.5 cm³/mol. The number of methoxy groups -OCH3 is 3. The Labute approximate surface area is 118 Å². The number of rotatable bonds is 3. The average Bonchev–Trinajstić information content (AvgIpc) is 2.81. The molecule has 0 amide bonds. The SMILES string of the molecule is COC(=O)/C=C1/C[C@@]2(C(=O)OC)CCCC[C@]2(OC)O1. The second kappa shape index (κ2) is 5.44. The Balaban J connectivity index is 2.41. The molecule has 6 nitrogen and oxygen atoms in total. The summed E-state index contributed by atoms with van der Waals surface area (Å²) < 4.78 is 21.0. The lowest BCUT2D eigenvalue weighted by atomic mass is 9.68. The minimum atomic E-state index is -1.04. The Kier molecular flexibility index (Phi) is 4.04. The monoisotopic (exact) mass is 284 g/mol. The van der Waals surface area contributed by atoms with E-state index in [2.05, 4.69) is 4.74 Å². The van der Waals surface area contributed by atoms with E-state index in [1.807, 2.05) is 0 Å². The van der Waals surface area contributed by atoms with Gasteiger partial charge in [0.15, 0.2) is 0 Å². The average molecular weight is 284 g/mol. The molecule has 6 heteroatoms. The van der Waals surface area contributed by atoms with Crippen LogP contribution in [0.3, 0.4) is 0 Å². The molecule has 1 saturated carbocycles. The van der Waals surface area contributed by atoms with Gasteiger partial charge in [0.05, 0.1) is 20.3 Å². The van der Waals surface area contributed by atoms with Crippen molar-refractivity contribution < 1.29 is 28.5 Å². The highest BCUT2D eigenvalue weighted by molar-refractivity contribution is 5.84. The summed E-state index contributed by atoms with van der Waals surface area (Å²) in [5, 5.41) is 0. The van der Waals surface area contributed by atoms with Gasteiger partial charge in [-0.1, -0.05) is 6.42 Å². The molecule has 1 saturated heterocycles. The number of allylic oxidation sites excluding steroid dienone is 1. The van der Waals surface area contributed by atoms with Gasteiger partial charge in [-0.3, -0.25) is 4.79 Å². The first-order chi connectivity index (χ1) is 9.53. The van der Waals surface area contributed by atoms with Crippen LogP contribution in [-0.4, -0.2) is 39.1 Å². The molecule has 2 aliphatic rings. The number of carbonyl (C=O) groups is 2. The maximum absolute atomic E-state index is 12.3. The van der Waals surface area contributed by atoms with Crippen molar-refractivity contribution in [1.29, 1.82) is 0 Å². The number of hydrogen-bond donors (Lipinski definition) is 0. The molecule has 0 unspecified atom stereocenters. The van der Waals surface area contributed by atoms with E-state index >= 15 is 0 Å². The summed E-state index contributed by atoms with van der Waals surface area (Å²) in [5.74, 6) is -1.50. The van der Waals surface area contributed by atoms with Gasteiger partial charge < -0.3 is 18.9 Å². The van der Waals surface area contributed by atoms with Crippen molar-refractivity contribution >= 4 is 11.9 Å². The molecule has 2 atom stereocenters. The summed E-state index contributed by atoms with van der Waals surface area (Å²) in [6, 6.07) is 0. The Bertz CT molecular complexity index is 443. The smallest absolute Gasteiger partial charge is 0.333 e. The zero-order valence-corrected chi connectivity index (χ0v) is 12.1. The van der Waals surface area contributed by atoms with Gasteiger partial charge in [0.25, 0.3) is 0 Å². The first-order valence-corrected chi connectivity index (χ1v) is 6.65. The Morgan fingerprint density at radius 3 is 2.45 bits per heavy atom. The van der Waals surface area contributed by atoms with Crippen LogP contribution in [0.25, 0.3) is 0 Å². The first-order valence-electron chi connectivity index (χ1n) is 6.65. The van der Waals surface area contributed by atoms with Crippen LogP contribution in [0, 0.1) is 5.41 Å². The fourth-order valence-corrected chi connectivity index (χ4v) is 3.27. The quantitative estimate of drug-likeness (QED) is 0.578. The van der Waals surface area contributed by atoms with Crippen LogP contribution < -0.4 is 0 Å². The van der Waals surface area contributed by atoms with Crippen molar-refractivity contribution in [3.8, 4) is 0 Å². The summed E-state index contributed by atoms with van der Waals surface area (Å²) in [6.45, 7) is 0. The molecule has 1 heterocycles. The second-order valence-corrected chi connectivity index (χ2v) is 5.15. The number of hydrogen-bond acceptors (Lipinski definition) is 6. The molecular formula is C14H20O6. The number of ether oxygens (including phenoxy) is 4. The minimum absolute atomic E-state index is 0.294. The highest BCUT2D eigenvalue weighted by atomic mass is 16.7. The summed E-state index contributed by atoms with van der Waals surface area (Å²) in [7, 11) is 4.17. The van der Waals surface area contributed by atoms with E-state index in [1.54, 1.807) is 0 Å². The molecular weight excluding hydrogens is 264 g/mol. The van der Waals surface area contributed by atoms with E-state index in [9.17, 15) is 9.59 Å². The normalized spacial score (nSPS) is 34.2. The second-order valence-electron chi connectivity index (χ2n) is 5.15. The van der Waals surface area contributed by atoms with Crippen LogP contribution >= 0.6 is 0 Å². The fraction of sp³-hybridized carbons (Fsp3) is 0.714. The van der Waals surface area contributed by atoms with E-state index in [0.29, 0.717) is 25.0 Å². The summed E-state index contributed by atoms with van der Waals surface area (Å²) >= 11 is 0. The van der Waals surface area contributed by atoms with E-state index < -0.39 is 17.2 Å². The van der Waals surface area contributed by atoms with Crippen molar-refractivity contribution in [2.45, 2.75) is 37.9 Å². The lowest BCUT2D eigenvalue weighted by Crippen LogP contribution is -2.54. The maximum atomic E-state index is 12.3. The fourth-order valence-electron chi connectivity index (χ4n) is 3.27. The van der Waals surface area contributed by atoms with Gasteiger partial charge in [0.2, 0.25) is 5.79 Å². The van der Waals surface area contributed by atoms with Gasteiger partial charge >= 0.3 is 11.9 Å². The first kappa shape index (κ1) is 14.8. The van der Waals surface area contributed by atoms with E-state index in [4.69, 9.17) is 14.2 Å². The number of carbonyl (C=O) groups excluding carboxylic acids is 2. The highest BCUT2D eigenvalue weighted by Crippen LogP contribution is 2.57. The lowest BCUT2D eigenvalue weighted by molar-refractivity contribution is -0.254. The molecule has 0 aromatic rings. The minimum Gasteiger partial charge on any atom is -0.468 e. The molecule has 1 aliphatic carbocycles. The highest BCUT2D eigenvalue weighted by Gasteiger charge is 2.66. The van der Waals surface area contributed by atoms with Crippen LogP contribution in [0.1, 0.15) is 32.1 Å². The lowest BCUT2D eigenvalue weighted by Gasteiger charge is -2.43. The molecule has 0 radical (unpaired) electrons. The van der Waals surface area contributed by atoms with Crippen LogP contribution in [0.15, 0.2) is 11.8 Å². The summed E-state index contributed by atoms with van der Waals surface area (Å²) in [5.41, 5.74) is -0.880. The summed E-state index contributed by atoms with van der Waals surface area (Å²) in [4.78, 5) is 23.7. The van der Waals surface area contributed by atoms with Gasteiger partial charge in [0, 0.05) is 20.0 Å². The van der Waals surface area contributed by atoms with Crippen LogP contribution in [-0.2, 0) is 28.5 Å². The molecule has 0 aromatic heterocycles. The molecule has 112 valence electrons. The van der Waals surface area contributed by atoms with Crippen LogP contribution in [0.5, 0.6) is 0 Å². The van der Waals surface area contributed by atoms with Crippen molar-refractivity contribution in [3.05, 3.63) is 11.8 Å². The van der Waals surface area contributed by atoms with Crippen molar-refractivity contribution in [2.24, 2.45) is 5.41 Å². The predicted octanol–water partition coefficient (Wildman–Crippen LogP) is 1.54. The topological polar surface area (TPSA) is 71.1 Å². The molecule has 20 heavy (non-hydrogen) atoms. The third-order valence-corrected chi connectivity index (χ3v) is 4.25. The third kappa shape index (κ3) is 2.08. The zero-order chi connectivity index (χ0) is 14.8. The van der Waals surface area contributed by atoms with Crippen LogP contribution in [0.2, 0.25) is 0 Å². The van der Waals surface area contributed by atoms with E-state index in [-0.39, 0.29) is 5.97 Å². The molecule has 0 spiro atoms. The molecule has 0 N–H and O–H groups in total. The van der Waals surface area contributed by atoms with E-state index in [0.717, 1.165) is 12.8 Å². The Morgan fingerprint density at radius 2 is 1.85 bits per heavy atom. The molecule has 2 fully saturated rings. The van der Waals surface area contributed by atoms with Crippen molar-refractivity contribution in [1.82, 2.24) is 0 Å². The largest absolute Gasteiger partial charge is 0.468 e. The van der Waals surface area contributed by atoms with Gasteiger partial charge in [-0.15, -0.1) is 0 Å². The molecule has 1 aliphatic heterocycles. The summed E-state index contributed by atoms with van der Waals surface area (Å²) in [6.07, 6.45) is 4.57. The van der Waals surface area contributed by atoms with Crippen LogP contribution in [0.4, 0.5) is 0 Å². The Hall–Kier alpha value is -1.56. The van der Waals surface area contributed by atoms with Crippen molar-refractivity contribution in [3.63, 3.8) is 0 Å². The molecule has 0 bridgehead atoms. The van der Waals surface area contributed by atoms with Gasteiger partial charge in [0.1, 0.15) is 11.2 Å². The van der Waals surface area contributed by atoms with Gasteiger partial charge in [-0.25, -0.2) is 4.79 Å². The van der Waals surface area contributed by atoms with Crippen molar-refractivity contribution in [2.75, 3.05) is 21.3 Å². The molecule has 0 aromatic carbocycles. The number of esters is 2. The zero-order valence-electron chi connectivity index (χ0n) is 12.1. The van der Waals surface area contributed by atoms with Gasteiger partial charge in [-0.05, 0) is 12.8 Å². The Morgan fingerprint density at radius 1 is 1.15 bits per heavy atom. The van der Waals surface area contributed by atoms with Gasteiger partial charge in [-0.2, -0.15) is 0 Å². The maximum Gasteiger partial charge on any atom is 0.333 e. The standard InChI is InChI=1S/C14H20O6/c1-17-11(15)8-10-9-13(12(16)18-2)6-4-5-7-14(13,19-3)20-10/h8H,4-7,9H2,1-3H3/b10-8-/t13-,14+/m1/s1. The number of fused-ring (bicyclic) bond motifs is 1. The molecule has 2 rings (SSSR count). The third-order valence-electron chi connectivity index (χ3n) is 4.25. The van der Waals surface area contributed by atoms with E-state index in [1.165, 1.54) is 27.4 Å².